The van der Waals surface area contributed by atoms with Crippen molar-refractivity contribution < 1.29 is 80.7 Å². The minimum atomic E-state index is -3.25. The molecular formula is C50H105Cl2N11O12S2-2. The number of amides is 1. The van der Waals surface area contributed by atoms with Crippen molar-refractivity contribution in [2.75, 3.05) is 106 Å². The van der Waals surface area contributed by atoms with Crippen molar-refractivity contribution in [2.45, 2.75) is 137 Å². The summed E-state index contributed by atoms with van der Waals surface area (Å²) in [6, 6.07) is 0.323. The molecule has 0 spiro atoms. The highest BCUT2D eigenvalue weighted by atomic mass is 35.5. The number of nitrogens with two attached hydrogens (primary N) is 2. The number of carbonyl (C=O) groups excluding carboxylic acids is 3. The molecule has 1 amide bonds. The third-order valence-electron chi connectivity index (χ3n) is 8.97. The monoisotopic (exact) mass is 1190 g/mol. The van der Waals surface area contributed by atoms with Gasteiger partial charge in [-0.3, -0.25) is 19.6 Å². The number of nitrogens with zero attached hydrogens (tertiary/aromatic N) is 5. The molecule has 2 saturated heterocycles. The Bertz CT molecular complexity index is 1840. The summed E-state index contributed by atoms with van der Waals surface area (Å²) in [5.41, 5.74) is 11.5. The van der Waals surface area contributed by atoms with Crippen LogP contribution in [-0.4, -0.2) is 194 Å². The van der Waals surface area contributed by atoms with E-state index in [-0.39, 0.29) is 60.9 Å². The van der Waals surface area contributed by atoms with Crippen molar-refractivity contribution in [3.05, 3.63) is 49.1 Å². The number of sulfone groups is 2. The number of amidine groups is 1. The smallest absolute Gasteiger partial charge is 0.329 e. The maximum absolute atomic E-state index is 11.4. The maximum Gasteiger partial charge on any atom is 0.329 e. The number of hydroxylamine groups is 4. The molecule has 0 aromatic heterocycles. The molecule has 2 heterocycles. The number of allylic oxidation sites excluding steroid dienone is 2. The molecule has 2 aliphatic heterocycles. The molecular weight excluding hydrogens is 1080 g/mol. The third-order valence-corrected chi connectivity index (χ3v) is 11.9. The maximum atomic E-state index is 11.4. The highest BCUT2D eigenvalue weighted by Gasteiger charge is 2.38. The average Bonchev–Trinajstić information content (AvgIpc) is 3.74. The summed E-state index contributed by atoms with van der Waals surface area (Å²) >= 11 is 0. The number of hydrogen-bond donors (Lipinski definition) is 8. The Morgan fingerprint density at radius 2 is 1.16 bits per heavy atom. The van der Waals surface area contributed by atoms with E-state index in [0.717, 1.165) is 94.8 Å². The molecule has 0 bridgehead atoms. The first-order valence-electron chi connectivity index (χ1n) is 25.3. The molecule has 2 fully saturated rings. The normalized spacial score (nSPS) is 14.4. The molecule has 77 heavy (non-hydrogen) atoms. The van der Waals surface area contributed by atoms with E-state index in [1.165, 1.54) is 59.4 Å². The summed E-state index contributed by atoms with van der Waals surface area (Å²) in [6.45, 7) is 38.8. The molecule has 27 heteroatoms. The van der Waals surface area contributed by atoms with Gasteiger partial charge in [-0.2, -0.15) is 5.06 Å². The number of halogens is 2. The van der Waals surface area contributed by atoms with E-state index in [9.17, 15) is 31.2 Å². The first-order valence-corrected chi connectivity index (χ1v) is 29.2. The average molecular weight is 1190 g/mol. The van der Waals surface area contributed by atoms with E-state index in [1.807, 2.05) is 27.9 Å². The second-order valence-corrected chi connectivity index (χ2v) is 21.8. The van der Waals surface area contributed by atoms with Crippen LogP contribution < -0.4 is 57.5 Å². The first-order chi connectivity index (χ1) is 34.7. The lowest BCUT2D eigenvalue weighted by Gasteiger charge is -2.18. The van der Waals surface area contributed by atoms with Gasteiger partial charge in [0, 0.05) is 85.0 Å². The topological polar surface area (TPSA) is 321 Å². The van der Waals surface area contributed by atoms with Crippen molar-refractivity contribution in [2.24, 2.45) is 16.5 Å². The second kappa shape index (κ2) is 56.8. The van der Waals surface area contributed by atoms with Gasteiger partial charge in [0.25, 0.3) is 12.0 Å². The zero-order valence-corrected chi connectivity index (χ0v) is 52.7. The van der Waals surface area contributed by atoms with Crippen LogP contribution in [0.1, 0.15) is 127 Å². The van der Waals surface area contributed by atoms with Gasteiger partial charge in [-0.1, -0.05) is 73.3 Å². The minimum absolute atomic E-state index is 0. The summed E-state index contributed by atoms with van der Waals surface area (Å²) in [4.78, 5) is 53.8. The zero-order chi connectivity index (χ0) is 59.8. The molecule has 2 unspecified atom stereocenters. The van der Waals surface area contributed by atoms with Crippen molar-refractivity contribution in [3.63, 3.8) is 0 Å². The fourth-order valence-electron chi connectivity index (χ4n) is 5.23. The molecule has 0 aliphatic carbocycles. The number of unbranched alkanes of at least 4 members (excludes halogenated alkanes) is 3. The highest BCUT2D eigenvalue weighted by Crippen LogP contribution is 2.33. The number of aliphatic imine (C=N–C) groups is 1. The molecule has 0 saturated carbocycles. The van der Waals surface area contributed by atoms with Crippen LogP contribution in [0.3, 0.4) is 0 Å². The third kappa shape index (κ3) is 62.8. The van der Waals surface area contributed by atoms with Crippen LogP contribution in [0.4, 0.5) is 0 Å². The Hall–Kier alpha value is -3.89. The van der Waals surface area contributed by atoms with Crippen molar-refractivity contribution >= 4 is 49.5 Å². The predicted octanol–water partition coefficient (Wildman–Crippen LogP) is -1.79. The number of aliphatic carboxylic acids is 1. The molecule has 0 radical (unpaired) electrons. The SMILES string of the molecule is C=C1CC(S(C)(=O)=O)C(=C)N1O.C=C1CC(S(C)(=O)=O)C(=C)N1OC(C)=O.CC(=O)O.CCCCCCN.CCCN.CCCNC(C)=O.CCNC(=NCCCN(C)C)OC(C)=O.CCNCNCCCN(C)C.[Cl-].[Cl-]. The lowest BCUT2D eigenvalue weighted by atomic mass is 10.2. The molecule has 2 atom stereocenters. The second-order valence-electron chi connectivity index (χ2n) is 17.4. The van der Waals surface area contributed by atoms with Crippen LogP contribution in [0, 0.1) is 0 Å². The van der Waals surface area contributed by atoms with Gasteiger partial charge in [-0.05, 0) is 106 Å². The predicted molar refractivity (Wildman–Crippen MR) is 306 cm³/mol. The number of esters is 1. The van der Waals surface area contributed by atoms with E-state index < -0.39 is 42.1 Å². The number of carboxylic acids is 1. The summed E-state index contributed by atoms with van der Waals surface area (Å²) in [7, 11) is 1.81. The van der Waals surface area contributed by atoms with Crippen molar-refractivity contribution in [1.29, 1.82) is 0 Å². The van der Waals surface area contributed by atoms with Crippen LogP contribution in [-0.2, 0) is 48.4 Å². The van der Waals surface area contributed by atoms with Crippen LogP contribution in [0.2, 0.25) is 0 Å². The number of hydrogen-bond acceptors (Lipinski definition) is 20. The summed E-state index contributed by atoms with van der Waals surface area (Å²) in [5.74, 6) is -1.66. The standard InChI is InChI=1S/C10H21N3O2.C9H13NO4S.C8H21N3.C7H11NO3S.C6H15N.C5H11NO.C3H9N.C2H4O2.2ClH/c1-5-11-10(15-9(2)14)12-7-6-8-13(3)4;1-6-5-9(15(4,12)13)7(2)10(6)14-8(3)11;1-4-9-8-10-6-5-7-11(2)3;1-5-4-7(12(3,10)11)6(2)8(5)9;1-2-3-4-5-6-7;1-3-4-6-5(2)7;1-2-3-4;1-2(3)4;;/h5-8H2,1-4H3,(H,11,12);9H,1-2,5H2,3-4H3;9-10H,4-8H2,1-3H3;7,9H,1-2,4H2,3H3;2-7H2,1H3;3-4H2,1-2H3,(H,6,7);2-4H2,1H3;1H3,(H,3,4);2*1H/p-2. The van der Waals surface area contributed by atoms with Crippen LogP contribution in [0.5, 0.6) is 0 Å². The van der Waals surface area contributed by atoms with E-state index in [2.05, 4.69) is 97.2 Å². The molecule has 0 aromatic rings. The molecule has 23 nitrogen and oxygen atoms in total. The van der Waals surface area contributed by atoms with E-state index >= 15 is 0 Å². The largest absolute Gasteiger partial charge is 1.00 e. The van der Waals surface area contributed by atoms with Gasteiger partial charge in [0.2, 0.25) is 5.91 Å². The Kier molecular flexibility index (Phi) is 66.2. The lowest BCUT2D eigenvalue weighted by Crippen LogP contribution is -3.00. The number of carboxylic acid groups (broad SMARTS) is 1. The van der Waals surface area contributed by atoms with Gasteiger partial charge in [0.05, 0.1) is 17.1 Å². The summed E-state index contributed by atoms with van der Waals surface area (Å²) in [6.07, 6.45) is 12.1. The number of carbonyl (C=O) groups is 4. The Morgan fingerprint density at radius 1 is 0.675 bits per heavy atom. The van der Waals surface area contributed by atoms with Crippen molar-refractivity contribution in [3.8, 4) is 0 Å². The number of rotatable bonds is 22. The quantitative estimate of drug-likeness (QED) is 0.0195. The number of nitrogens with one attached hydrogen (secondary N) is 4. The van der Waals surface area contributed by atoms with Gasteiger partial charge < -0.3 is 82.0 Å². The van der Waals surface area contributed by atoms with Gasteiger partial charge >= 0.3 is 11.9 Å². The molecule has 0 aromatic carbocycles. The fourth-order valence-corrected chi connectivity index (χ4v) is 7.40. The van der Waals surface area contributed by atoms with Gasteiger partial charge in [-0.25, -0.2) is 31.7 Å². The zero-order valence-electron chi connectivity index (χ0n) is 49.6. The van der Waals surface area contributed by atoms with E-state index in [0.29, 0.717) is 30.5 Å². The Balaban J connectivity index is -0.000000122. The van der Waals surface area contributed by atoms with Crippen LogP contribution in [0.25, 0.3) is 0 Å². The molecule has 2 rings (SSSR count). The summed E-state index contributed by atoms with van der Waals surface area (Å²) < 4.78 is 49.8. The highest BCUT2D eigenvalue weighted by molar-refractivity contribution is 7.91. The van der Waals surface area contributed by atoms with Gasteiger partial charge in [0.1, 0.15) is 10.5 Å². The van der Waals surface area contributed by atoms with Gasteiger partial charge in [-0.15, -0.1) is 0 Å². The first kappa shape index (κ1) is 89.7. The lowest BCUT2D eigenvalue weighted by molar-refractivity contribution is -0.169. The van der Waals surface area contributed by atoms with E-state index in [1.54, 1.807) is 0 Å². The fraction of sp³-hybridized carbons (Fsp3) is 0.740. The molecule has 460 valence electrons. The minimum Gasteiger partial charge on any atom is -1.00 e. The van der Waals surface area contributed by atoms with Crippen LogP contribution >= 0.6 is 0 Å². The summed E-state index contributed by atoms with van der Waals surface area (Å²) in [5, 5.41) is 29.0. The molecule has 2 aliphatic rings. The van der Waals surface area contributed by atoms with Gasteiger partial charge in [0.15, 0.2) is 19.7 Å². The van der Waals surface area contributed by atoms with E-state index in [4.69, 9.17) is 36.2 Å². The number of ether oxygens (including phenoxy) is 1. The Labute approximate surface area is 478 Å². The molecule has 10 N–H and O–H groups in total. The van der Waals surface area contributed by atoms with Crippen molar-refractivity contribution in [1.82, 2.24) is 41.2 Å². The Morgan fingerprint density at radius 3 is 1.47 bits per heavy atom. The van der Waals surface area contributed by atoms with Crippen LogP contribution in [0.15, 0.2) is 54.1 Å².